The van der Waals surface area contributed by atoms with Crippen molar-refractivity contribution in [3.63, 3.8) is 0 Å². The van der Waals surface area contributed by atoms with Crippen LogP contribution in [-0.4, -0.2) is 24.5 Å². The zero-order valence-electron chi connectivity index (χ0n) is 10.5. The van der Waals surface area contributed by atoms with Crippen molar-refractivity contribution in [2.45, 2.75) is 37.9 Å². The molecule has 1 saturated heterocycles. The van der Waals surface area contributed by atoms with Gasteiger partial charge in [-0.3, -0.25) is 4.79 Å². The molecule has 1 aromatic carbocycles. The van der Waals surface area contributed by atoms with Crippen LogP contribution in [0, 0.1) is 0 Å². The summed E-state index contributed by atoms with van der Waals surface area (Å²) in [7, 11) is 0. The predicted molar refractivity (Wildman–Crippen MR) is 67.1 cm³/mol. The van der Waals surface area contributed by atoms with Crippen molar-refractivity contribution < 1.29 is 18.0 Å². The molecule has 19 heavy (non-hydrogen) atoms. The van der Waals surface area contributed by atoms with E-state index in [0.717, 1.165) is 18.7 Å². The molecule has 0 radical (unpaired) electrons. The lowest BCUT2D eigenvalue weighted by molar-refractivity contribution is -0.143. The minimum atomic E-state index is -4.26. The summed E-state index contributed by atoms with van der Waals surface area (Å²) in [4.78, 5) is 13.8. The number of rotatable bonds is 4. The Balaban J connectivity index is 2.01. The summed E-state index contributed by atoms with van der Waals surface area (Å²) in [6, 6.07) is 8.98. The van der Waals surface area contributed by atoms with Gasteiger partial charge in [0.1, 0.15) is 0 Å². The summed E-state index contributed by atoms with van der Waals surface area (Å²) in [5, 5.41) is 0. The number of carbonyl (C=O) groups excluding carboxylic acids is 1. The van der Waals surface area contributed by atoms with Gasteiger partial charge in [0.2, 0.25) is 0 Å². The van der Waals surface area contributed by atoms with Gasteiger partial charge in [0, 0.05) is 18.7 Å². The Hall–Kier alpha value is -1.52. The molecular formula is C14H16F3NO. The number of benzene rings is 1. The molecule has 1 atom stereocenters. The molecule has 0 aliphatic carbocycles. The summed E-state index contributed by atoms with van der Waals surface area (Å²) >= 11 is 0. The molecule has 5 heteroatoms. The van der Waals surface area contributed by atoms with Crippen LogP contribution in [0.4, 0.5) is 18.9 Å². The highest BCUT2D eigenvalue weighted by atomic mass is 19.4. The number of para-hydroxylation sites is 1. The fourth-order valence-corrected chi connectivity index (χ4v) is 2.46. The van der Waals surface area contributed by atoms with Gasteiger partial charge in [-0.2, -0.15) is 13.2 Å². The van der Waals surface area contributed by atoms with Gasteiger partial charge in [0.05, 0.1) is 12.5 Å². The van der Waals surface area contributed by atoms with Crippen LogP contribution in [0.5, 0.6) is 0 Å². The van der Waals surface area contributed by atoms with Crippen molar-refractivity contribution in [3.05, 3.63) is 30.3 Å². The fraction of sp³-hybridized carbons (Fsp3) is 0.500. The molecular weight excluding hydrogens is 255 g/mol. The number of nitrogens with zero attached hydrogens (tertiary/aromatic N) is 1. The van der Waals surface area contributed by atoms with Gasteiger partial charge in [0.15, 0.2) is 5.78 Å². The van der Waals surface area contributed by atoms with Gasteiger partial charge in [-0.25, -0.2) is 0 Å². The quantitative estimate of drug-likeness (QED) is 0.834. The summed E-state index contributed by atoms with van der Waals surface area (Å²) < 4.78 is 36.5. The Morgan fingerprint density at radius 2 is 1.95 bits per heavy atom. The van der Waals surface area contributed by atoms with Crippen LogP contribution in [0.1, 0.15) is 25.7 Å². The van der Waals surface area contributed by atoms with Crippen molar-refractivity contribution in [1.82, 2.24) is 0 Å². The molecule has 0 bridgehead atoms. The number of hydrogen-bond acceptors (Lipinski definition) is 2. The Labute approximate surface area is 110 Å². The zero-order valence-corrected chi connectivity index (χ0v) is 10.5. The molecule has 1 aromatic rings. The second-order valence-electron chi connectivity index (χ2n) is 4.77. The SMILES string of the molecule is O=C(CCC(F)(F)F)C1CCCN1c1ccccc1. The van der Waals surface area contributed by atoms with Crippen LogP contribution in [0.15, 0.2) is 30.3 Å². The van der Waals surface area contributed by atoms with E-state index in [4.69, 9.17) is 0 Å². The van der Waals surface area contributed by atoms with Crippen molar-refractivity contribution in [2.75, 3.05) is 11.4 Å². The van der Waals surface area contributed by atoms with E-state index in [1.54, 1.807) is 0 Å². The minimum Gasteiger partial charge on any atom is -0.361 e. The van der Waals surface area contributed by atoms with E-state index >= 15 is 0 Å². The Morgan fingerprint density at radius 1 is 1.26 bits per heavy atom. The van der Waals surface area contributed by atoms with Gasteiger partial charge < -0.3 is 4.90 Å². The second kappa shape index (κ2) is 5.63. The zero-order chi connectivity index (χ0) is 13.9. The van der Waals surface area contributed by atoms with E-state index in [1.165, 1.54) is 0 Å². The van der Waals surface area contributed by atoms with Crippen molar-refractivity contribution in [1.29, 1.82) is 0 Å². The number of Topliss-reactive ketones (excluding diaryl/α,β-unsaturated/α-hetero) is 1. The average molecular weight is 271 g/mol. The molecule has 104 valence electrons. The standard InChI is InChI=1S/C14H16F3NO/c15-14(16,17)9-8-13(19)12-7-4-10-18(12)11-5-2-1-3-6-11/h1-3,5-6,12H,4,7-10H2. The van der Waals surface area contributed by atoms with E-state index < -0.39 is 25.1 Å². The number of carbonyl (C=O) groups is 1. The topological polar surface area (TPSA) is 20.3 Å². The van der Waals surface area contributed by atoms with Gasteiger partial charge in [0.25, 0.3) is 0 Å². The summed E-state index contributed by atoms with van der Waals surface area (Å²) in [6.07, 6.45) is -4.21. The number of anilines is 1. The molecule has 1 aliphatic rings. The third-order valence-corrected chi connectivity index (χ3v) is 3.37. The van der Waals surface area contributed by atoms with Crippen molar-refractivity contribution in [2.24, 2.45) is 0 Å². The minimum absolute atomic E-state index is 0.307. The first kappa shape index (κ1) is 13.9. The lowest BCUT2D eigenvalue weighted by atomic mass is 10.0. The van der Waals surface area contributed by atoms with E-state index in [9.17, 15) is 18.0 Å². The highest BCUT2D eigenvalue weighted by Gasteiger charge is 2.34. The van der Waals surface area contributed by atoms with Crippen LogP contribution < -0.4 is 4.90 Å². The Morgan fingerprint density at radius 3 is 2.58 bits per heavy atom. The molecule has 1 heterocycles. The van der Waals surface area contributed by atoms with E-state index in [0.29, 0.717) is 6.42 Å². The summed E-state index contributed by atoms with van der Waals surface area (Å²) in [6.45, 7) is 0.729. The second-order valence-corrected chi connectivity index (χ2v) is 4.77. The van der Waals surface area contributed by atoms with Gasteiger partial charge >= 0.3 is 6.18 Å². The van der Waals surface area contributed by atoms with Gasteiger partial charge in [-0.1, -0.05) is 18.2 Å². The van der Waals surface area contributed by atoms with Crippen LogP contribution in [0.3, 0.4) is 0 Å². The highest BCUT2D eigenvalue weighted by Crippen LogP contribution is 2.28. The van der Waals surface area contributed by atoms with Gasteiger partial charge in [-0.05, 0) is 25.0 Å². The van der Waals surface area contributed by atoms with E-state index in [1.807, 2.05) is 35.2 Å². The first-order chi connectivity index (χ1) is 8.97. The fourth-order valence-electron chi connectivity index (χ4n) is 2.46. The third kappa shape index (κ3) is 3.72. The molecule has 1 unspecified atom stereocenters. The van der Waals surface area contributed by atoms with Crippen molar-refractivity contribution >= 4 is 11.5 Å². The number of hydrogen-bond donors (Lipinski definition) is 0. The maximum atomic E-state index is 12.2. The molecule has 0 N–H and O–H groups in total. The van der Waals surface area contributed by atoms with Crippen LogP contribution in [0.2, 0.25) is 0 Å². The number of alkyl halides is 3. The largest absolute Gasteiger partial charge is 0.389 e. The number of ketones is 1. The molecule has 0 aromatic heterocycles. The highest BCUT2D eigenvalue weighted by molar-refractivity contribution is 5.87. The normalized spacial score (nSPS) is 19.7. The Kier molecular flexibility index (Phi) is 4.12. The lowest BCUT2D eigenvalue weighted by Crippen LogP contribution is -2.36. The van der Waals surface area contributed by atoms with E-state index in [2.05, 4.69) is 0 Å². The summed E-state index contributed by atoms with van der Waals surface area (Å²) in [5.41, 5.74) is 0.908. The van der Waals surface area contributed by atoms with Crippen LogP contribution in [-0.2, 0) is 4.79 Å². The first-order valence-electron chi connectivity index (χ1n) is 6.38. The summed E-state index contributed by atoms with van der Waals surface area (Å²) in [5.74, 6) is -0.307. The predicted octanol–water partition coefficient (Wildman–Crippen LogP) is 3.57. The molecule has 2 rings (SSSR count). The molecule has 2 nitrogen and oxygen atoms in total. The number of halogens is 3. The molecule has 0 saturated carbocycles. The van der Waals surface area contributed by atoms with Crippen molar-refractivity contribution in [3.8, 4) is 0 Å². The van der Waals surface area contributed by atoms with E-state index in [-0.39, 0.29) is 5.78 Å². The van der Waals surface area contributed by atoms with Crippen LogP contribution >= 0.6 is 0 Å². The maximum Gasteiger partial charge on any atom is 0.389 e. The maximum absolute atomic E-state index is 12.2. The lowest BCUT2D eigenvalue weighted by Gasteiger charge is -2.25. The molecule has 0 amide bonds. The van der Waals surface area contributed by atoms with Gasteiger partial charge in [-0.15, -0.1) is 0 Å². The molecule has 1 aliphatic heterocycles. The van der Waals surface area contributed by atoms with Crippen LogP contribution in [0.25, 0.3) is 0 Å². The smallest absolute Gasteiger partial charge is 0.361 e. The molecule has 1 fully saturated rings. The first-order valence-corrected chi connectivity index (χ1v) is 6.38. The monoisotopic (exact) mass is 271 g/mol. The third-order valence-electron chi connectivity index (χ3n) is 3.37. The molecule has 0 spiro atoms. The Bertz CT molecular complexity index is 430. The average Bonchev–Trinajstić information content (AvgIpc) is 2.85.